The second-order valence-corrected chi connectivity index (χ2v) is 14.3. The summed E-state index contributed by atoms with van der Waals surface area (Å²) in [6.07, 6.45) is 7.25. The maximum absolute atomic E-state index is 12.2. The number of nitrogens with one attached hydrogen (secondary N) is 1. The smallest absolute Gasteiger partial charge is 0.328 e. The molecule has 0 bridgehead atoms. The van der Waals surface area contributed by atoms with Gasteiger partial charge in [0.2, 0.25) is 5.91 Å². The molecule has 1 amide bonds. The Morgan fingerprint density at radius 1 is 0.500 bits per heavy atom. The van der Waals surface area contributed by atoms with Gasteiger partial charge in [-0.05, 0) is 102 Å². The summed E-state index contributed by atoms with van der Waals surface area (Å²) in [6, 6.07) is 42.4. The summed E-state index contributed by atoms with van der Waals surface area (Å²) < 4.78 is 43.2. The van der Waals surface area contributed by atoms with Gasteiger partial charge in [0.15, 0.2) is 23.0 Å². The summed E-state index contributed by atoms with van der Waals surface area (Å²) in [5, 5.41) is 11.4. The monoisotopic (exact) mass is 928 g/mol. The van der Waals surface area contributed by atoms with Crippen LogP contribution in [-0.2, 0) is 35.6 Å². The van der Waals surface area contributed by atoms with Crippen LogP contribution in [0.25, 0.3) is 12.2 Å². The first-order valence-electron chi connectivity index (χ1n) is 21.3. The summed E-state index contributed by atoms with van der Waals surface area (Å²) in [5.74, 6) is 4.27. The van der Waals surface area contributed by atoms with Crippen LogP contribution in [0.3, 0.4) is 0 Å². The molecule has 13 nitrogen and oxygen atoms in total. The summed E-state index contributed by atoms with van der Waals surface area (Å²) in [4.78, 5) is 22.6. The van der Waals surface area contributed by atoms with Gasteiger partial charge in [-0.2, -0.15) is 0 Å². The topological polar surface area (TPSA) is 166 Å². The molecule has 360 valence electrons. The van der Waals surface area contributed by atoms with Crippen molar-refractivity contribution >= 4 is 24.0 Å². The van der Waals surface area contributed by atoms with Crippen molar-refractivity contribution < 1.29 is 52.6 Å². The zero-order valence-corrected chi connectivity index (χ0v) is 38.9. The van der Waals surface area contributed by atoms with Crippen LogP contribution in [0, 0.1) is 0 Å². The van der Waals surface area contributed by atoms with Gasteiger partial charge in [0.25, 0.3) is 0 Å². The van der Waals surface area contributed by atoms with Gasteiger partial charge in [-0.3, -0.25) is 4.79 Å². The lowest BCUT2D eigenvalue weighted by Crippen LogP contribution is -2.23. The number of aliphatic carboxylic acids is 1. The summed E-state index contributed by atoms with van der Waals surface area (Å²) >= 11 is 0. The van der Waals surface area contributed by atoms with Crippen LogP contribution in [0.2, 0.25) is 0 Å². The van der Waals surface area contributed by atoms with E-state index in [1.807, 2.05) is 109 Å². The molecule has 68 heavy (non-hydrogen) atoms. The first kappa shape index (κ1) is 54.4. The molecule has 13 heteroatoms. The Morgan fingerprint density at radius 3 is 1.35 bits per heavy atom. The molecule has 0 aliphatic rings. The number of benzene rings is 6. The molecule has 0 atom stereocenters. The van der Waals surface area contributed by atoms with Gasteiger partial charge < -0.3 is 54.1 Å². The first-order valence-corrected chi connectivity index (χ1v) is 21.3. The van der Waals surface area contributed by atoms with Crippen molar-refractivity contribution in [2.75, 3.05) is 55.7 Å². The molecule has 0 aliphatic heterocycles. The van der Waals surface area contributed by atoms with Gasteiger partial charge in [-0.25, -0.2) is 4.79 Å². The molecule has 0 spiro atoms. The summed E-state index contributed by atoms with van der Waals surface area (Å²) in [5.41, 5.74) is 11.5. The van der Waals surface area contributed by atoms with E-state index in [0.29, 0.717) is 72.8 Å². The molecule has 0 aliphatic carbocycles. The highest BCUT2D eigenvalue weighted by atomic mass is 16.5. The number of hydrogen-bond acceptors (Lipinski definition) is 11. The number of methoxy groups -OCH3 is 6. The van der Waals surface area contributed by atoms with Crippen molar-refractivity contribution in [2.45, 2.75) is 33.5 Å². The van der Waals surface area contributed by atoms with E-state index in [1.54, 1.807) is 65.9 Å². The molecule has 6 aromatic rings. The van der Waals surface area contributed by atoms with E-state index in [-0.39, 0.29) is 13.3 Å². The Kier molecular flexibility index (Phi) is 24.3. The van der Waals surface area contributed by atoms with E-state index >= 15 is 0 Å². The molecule has 0 fully saturated rings. The second-order valence-electron chi connectivity index (χ2n) is 14.3. The highest BCUT2D eigenvalue weighted by molar-refractivity contribution is 5.92. The lowest BCUT2D eigenvalue weighted by Gasteiger charge is -2.13. The van der Waals surface area contributed by atoms with Crippen molar-refractivity contribution in [3.05, 3.63) is 179 Å². The predicted octanol–water partition coefficient (Wildman–Crippen LogP) is 9.88. The van der Waals surface area contributed by atoms with E-state index in [1.165, 1.54) is 19.3 Å². The quantitative estimate of drug-likeness (QED) is 0.0586. The average molecular weight is 929 g/mol. The van der Waals surface area contributed by atoms with Crippen LogP contribution in [0.5, 0.6) is 46.0 Å². The molecule has 6 aromatic carbocycles. The molecule has 6 rings (SSSR count). The number of carboxylic acid groups (broad SMARTS) is 1. The number of nitrogens with two attached hydrogens (primary N) is 1. The average Bonchev–Trinajstić information content (AvgIpc) is 3.37. The van der Waals surface area contributed by atoms with Crippen LogP contribution in [0.4, 0.5) is 0 Å². The third-order valence-corrected chi connectivity index (χ3v) is 9.78. The Labute approximate surface area is 400 Å². The third-order valence-electron chi connectivity index (χ3n) is 9.78. The van der Waals surface area contributed by atoms with Crippen molar-refractivity contribution in [3.8, 4) is 46.0 Å². The van der Waals surface area contributed by atoms with Gasteiger partial charge >= 0.3 is 5.97 Å². The number of hydrogen-bond donors (Lipinski definition) is 3. The molecule has 0 unspecified atom stereocenters. The van der Waals surface area contributed by atoms with Gasteiger partial charge in [-0.15, -0.1) is 0 Å². The highest BCUT2D eigenvalue weighted by Crippen LogP contribution is 2.31. The molecule has 0 saturated carbocycles. The molecule has 0 aromatic heterocycles. The molecule has 0 radical (unpaired) electrons. The fourth-order valence-electron chi connectivity index (χ4n) is 6.24. The molecule has 0 saturated heterocycles. The molecular formula is C55H64N2O11. The Morgan fingerprint density at radius 2 is 0.941 bits per heavy atom. The molecule has 4 N–H and O–H groups in total. The standard InChI is InChI=1S/C27H29NO5.C16H19NO2.C11H12O4.CH4/c1-30-23-12-10-22(25(18-23)32-3)11-14-27(29)28-16-15-20-9-13-24(31-2)26(17-20)33-19-21-7-5-4-6-8-21;1-18-15-8-7-13(9-10-17)11-16(15)19-12-14-5-3-2-4-6-14;1-14-9-5-3-8(4-6-11(12)13)10(7-9)15-2;/h4-14,17-18H,15-16,19H2,1-3H3,(H,28,29);2-8,11H,9-10,12,17H2,1H3;3-7H,1-2H3,(H,12,13);1H4/b14-11+;;6-4+;. The van der Waals surface area contributed by atoms with Gasteiger partial charge in [0, 0.05) is 42.0 Å². The lowest BCUT2D eigenvalue weighted by molar-refractivity contribution is -0.131. The number of carbonyl (C=O) groups is 2. The van der Waals surface area contributed by atoms with Crippen molar-refractivity contribution in [3.63, 3.8) is 0 Å². The molecular weight excluding hydrogens is 865 g/mol. The van der Waals surface area contributed by atoms with Crippen molar-refractivity contribution in [1.29, 1.82) is 0 Å². The maximum atomic E-state index is 12.2. The number of rotatable bonds is 21. The Hall–Kier alpha value is -7.90. The second kappa shape index (κ2) is 30.3. The zero-order chi connectivity index (χ0) is 48.2. The summed E-state index contributed by atoms with van der Waals surface area (Å²) in [7, 11) is 9.52. The molecule has 0 heterocycles. The zero-order valence-electron chi connectivity index (χ0n) is 38.9. The van der Waals surface area contributed by atoms with Gasteiger partial charge in [0.1, 0.15) is 36.2 Å². The van der Waals surface area contributed by atoms with Crippen LogP contribution in [0.1, 0.15) is 40.8 Å². The number of carbonyl (C=O) groups excluding carboxylic acids is 1. The van der Waals surface area contributed by atoms with Crippen molar-refractivity contribution in [2.24, 2.45) is 5.73 Å². The predicted molar refractivity (Wildman–Crippen MR) is 269 cm³/mol. The fraction of sp³-hybridized carbons (Fsp3) is 0.236. The van der Waals surface area contributed by atoms with Crippen molar-refractivity contribution in [1.82, 2.24) is 5.32 Å². The van der Waals surface area contributed by atoms with E-state index in [9.17, 15) is 9.59 Å². The van der Waals surface area contributed by atoms with Gasteiger partial charge in [0.05, 0.1) is 42.7 Å². The maximum Gasteiger partial charge on any atom is 0.328 e. The first-order chi connectivity index (χ1) is 32.6. The van der Waals surface area contributed by atoms with Crippen LogP contribution < -0.4 is 48.9 Å². The fourth-order valence-corrected chi connectivity index (χ4v) is 6.24. The number of ether oxygens (including phenoxy) is 8. The minimum absolute atomic E-state index is 0. The summed E-state index contributed by atoms with van der Waals surface area (Å²) in [6.45, 7) is 2.11. The minimum atomic E-state index is -0.993. The lowest BCUT2D eigenvalue weighted by atomic mass is 10.1. The van der Waals surface area contributed by atoms with E-state index in [4.69, 9.17) is 48.7 Å². The Bertz CT molecular complexity index is 2490. The third kappa shape index (κ3) is 18.5. The largest absolute Gasteiger partial charge is 0.497 e. The number of amides is 1. The van der Waals surface area contributed by atoms with Gasteiger partial charge in [-0.1, -0.05) is 80.2 Å². The Balaban J connectivity index is 0.000000296. The SMILES string of the molecule is C.COc1ccc(/C=C/C(=O)NCCc2ccc(OC)c(OCc3ccccc3)c2)c(OC)c1.COc1ccc(/C=C/C(=O)O)c(OC)c1.COc1ccc(CCN)cc1OCc1ccccc1. The minimum Gasteiger partial charge on any atom is -0.497 e. The van der Waals surface area contributed by atoms with E-state index in [0.717, 1.165) is 51.8 Å². The number of carboxylic acids is 1. The van der Waals surface area contributed by atoms with Crippen LogP contribution >= 0.6 is 0 Å². The van der Waals surface area contributed by atoms with Crippen LogP contribution in [0.15, 0.2) is 146 Å². The highest BCUT2D eigenvalue weighted by Gasteiger charge is 2.09. The normalized spacial score (nSPS) is 10.3. The van der Waals surface area contributed by atoms with Crippen LogP contribution in [-0.4, -0.2) is 72.7 Å². The van der Waals surface area contributed by atoms with E-state index in [2.05, 4.69) is 5.32 Å². The van der Waals surface area contributed by atoms with E-state index < -0.39 is 5.97 Å².